The minimum Gasteiger partial charge on any atom is -0.363 e. The Morgan fingerprint density at radius 1 is 1.65 bits per heavy atom. The first kappa shape index (κ1) is 13.2. The lowest BCUT2D eigenvalue weighted by Crippen LogP contribution is -2.23. The number of aryl methyl sites for hydroxylation is 1. The molecular formula is C12H15N5O2S. The number of carbonyl (C=O) groups is 1. The van der Waals surface area contributed by atoms with Crippen LogP contribution in [0.5, 0.6) is 0 Å². The van der Waals surface area contributed by atoms with Gasteiger partial charge in [0.25, 0.3) is 11.7 Å². The zero-order valence-electron chi connectivity index (χ0n) is 11.1. The van der Waals surface area contributed by atoms with E-state index < -0.39 is 5.91 Å². The molecule has 0 aliphatic carbocycles. The molecule has 0 saturated carbocycles. The summed E-state index contributed by atoms with van der Waals surface area (Å²) in [5, 5.41) is 3.61. The molecule has 1 aliphatic rings. The summed E-state index contributed by atoms with van der Waals surface area (Å²) in [6, 6.07) is 0.0529. The highest BCUT2D eigenvalue weighted by atomic mass is 32.1. The van der Waals surface area contributed by atoms with Gasteiger partial charge in [0.1, 0.15) is 0 Å². The van der Waals surface area contributed by atoms with Crippen molar-refractivity contribution in [3.8, 4) is 0 Å². The number of hydrogen-bond donors (Lipinski definition) is 1. The van der Waals surface area contributed by atoms with E-state index in [4.69, 9.17) is 10.3 Å². The molecule has 2 N–H and O–H groups in total. The lowest BCUT2D eigenvalue weighted by atomic mass is 10.2. The predicted molar refractivity (Wildman–Crippen MR) is 72.1 cm³/mol. The van der Waals surface area contributed by atoms with Crippen LogP contribution in [-0.4, -0.2) is 32.5 Å². The summed E-state index contributed by atoms with van der Waals surface area (Å²) >= 11 is 1.65. The fourth-order valence-corrected chi connectivity index (χ4v) is 3.23. The van der Waals surface area contributed by atoms with Gasteiger partial charge >= 0.3 is 0 Å². The van der Waals surface area contributed by atoms with Crippen molar-refractivity contribution < 1.29 is 9.32 Å². The number of hydrogen-bond acceptors (Lipinski definition) is 7. The largest absolute Gasteiger partial charge is 0.363 e. The van der Waals surface area contributed by atoms with Crippen LogP contribution in [0.15, 0.2) is 10.0 Å². The van der Waals surface area contributed by atoms with E-state index in [0.29, 0.717) is 5.89 Å². The molecule has 3 heterocycles. The van der Waals surface area contributed by atoms with E-state index in [9.17, 15) is 4.79 Å². The number of primary amides is 1. The van der Waals surface area contributed by atoms with Crippen LogP contribution in [0.1, 0.15) is 46.0 Å². The SMILES string of the molecule is Cc1ncsc1CN1CCC[C@@H]1c1nc(C(N)=O)no1. The summed E-state index contributed by atoms with van der Waals surface area (Å²) in [6.07, 6.45) is 2.01. The van der Waals surface area contributed by atoms with Gasteiger partial charge in [-0.2, -0.15) is 4.98 Å². The second kappa shape index (κ2) is 5.29. The Morgan fingerprint density at radius 3 is 3.15 bits per heavy atom. The fourth-order valence-electron chi connectivity index (χ4n) is 2.43. The fraction of sp³-hybridized carbons (Fsp3) is 0.500. The molecule has 1 fully saturated rings. The van der Waals surface area contributed by atoms with Gasteiger partial charge in [0, 0.05) is 11.4 Å². The molecule has 1 amide bonds. The molecule has 2 aromatic rings. The van der Waals surface area contributed by atoms with Crippen LogP contribution in [0.3, 0.4) is 0 Å². The number of carbonyl (C=O) groups excluding carboxylic acids is 1. The maximum absolute atomic E-state index is 11.0. The quantitative estimate of drug-likeness (QED) is 0.911. The van der Waals surface area contributed by atoms with E-state index in [1.54, 1.807) is 11.3 Å². The van der Waals surface area contributed by atoms with E-state index in [1.807, 2.05) is 12.4 Å². The highest BCUT2D eigenvalue weighted by molar-refractivity contribution is 7.09. The van der Waals surface area contributed by atoms with E-state index in [2.05, 4.69) is 20.0 Å². The molecule has 0 spiro atoms. The van der Waals surface area contributed by atoms with Crippen molar-refractivity contribution in [2.75, 3.05) is 6.54 Å². The summed E-state index contributed by atoms with van der Waals surface area (Å²) in [5.41, 5.74) is 8.06. The van der Waals surface area contributed by atoms with Crippen LogP contribution in [0, 0.1) is 6.92 Å². The summed E-state index contributed by atoms with van der Waals surface area (Å²) < 4.78 is 5.17. The van der Waals surface area contributed by atoms with Crippen molar-refractivity contribution in [3.05, 3.63) is 27.8 Å². The maximum atomic E-state index is 11.0. The molecule has 20 heavy (non-hydrogen) atoms. The predicted octanol–water partition coefficient (Wildman–Crippen LogP) is 1.27. The Morgan fingerprint density at radius 2 is 2.50 bits per heavy atom. The maximum Gasteiger partial charge on any atom is 0.290 e. The van der Waals surface area contributed by atoms with Crippen LogP contribution in [0.25, 0.3) is 0 Å². The molecule has 0 bridgehead atoms. The van der Waals surface area contributed by atoms with Crippen LogP contribution in [0.2, 0.25) is 0 Å². The minimum atomic E-state index is -0.664. The smallest absolute Gasteiger partial charge is 0.290 e. The zero-order chi connectivity index (χ0) is 14.1. The van der Waals surface area contributed by atoms with Gasteiger partial charge in [-0.15, -0.1) is 11.3 Å². The van der Waals surface area contributed by atoms with E-state index >= 15 is 0 Å². The number of rotatable bonds is 4. The van der Waals surface area contributed by atoms with Gasteiger partial charge in [-0.05, 0) is 26.3 Å². The summed E-state index contributed by atoms with van der Waals surface area (Å²) in [6.45, 7) is 3.79. The number of likely N-dealkylation sites (tertiary alicyclic amines) is 1. The standard InChI is InChI=1S/C12H15N5O2S/c1-7-9(20-6-14-7)5-17-4-2-3-8(17)12-15-11(10(13)18)16-19-12/h6,8H,2-5H2,1H3,(H2,13,18)/t8-/m1/s1. The normalized spacial score (nSPS) is 19.6. The van der Waals surface area contributed by atoms with Crippen LogP contribution >= 0.6 is 11.3 Å². The third-order valence-corrected chi connectivity index (χ3v) is 4.42. The van der Waals surface area contributed by atoms with E-state index in [-0.39, 0.29) is 11.9 Å². The molecule has 2 aromatic heterocycles. The second-order valence-electron chi connectivity index (χ2n) is 4.81. The first-order valence-electron chi connectivity index (χ1n) is 6.41. The summed E-state index contributed by atoms with van der Waals surface area (Å²) in [4.78, 5) is 22.9. The molecule has 1 saturated heterocycles. The molecule has 1 atom stereocenters. The molecule has 1 aliphatic heterocycles. The number of thiazole rings is 1. The Hall–Kier alpha value is -1.80. The average molecular weight is 293 g/mol. The van der Waals surface area contributed by atoms with Crippen molar-refractivity contribution in [2.45, 2.75) is 32.4 Å². The summed E-state index contributed by atoms with van der Waals surface area (Å²) in [5.74, 6) is -0.248. The molecular weight excluding hydrogens is 278 g/mol. The van der Waals surface area contributed by atoms with Crippen molar-refractivity contribution in [1.29, 1.82) is 0 Å². The van der Waals surface area contributed by atoms with Crippen LogP contribution in [0.4, 0.5) is 0 Å². The lowest BCUT2D eigenvalue weighted by Gasteiger charge is -2.20. The van der Waals surface area contributed by atoms with Gasteiger partial charge in [-0.25, -0.2) is 4.98 Å². The summed E-state index contributed by atoms with van der Waals surface area (Å²) in [7, 11) is 0. The third-order valence-electron chi connectivity index (χ3n) is 3.50. The van der Waals surface area contributed by atoms with Crippen molar-refractivity contribution in [1.82, 2.24) is 20.0 Å². The number of aromatic nitrogens is 3. The van der Waals surface area contributed by atoms with Gasteiger partial charge in [0.15, 0.2) is 0 Å². The number of amides is 1. The lowest BCUT2D eigenvalue weighted by molar-refractivity contribution is 0.0987. The van der Waals surface area contributed by atoms with Crippen molar-refractivity contribution in [3.63, 3.8) is 0 Å². The third kappa shape index (κ3) is 2.44. The molecule has 7 nitrogen and oxygen atoms in total. The monoisotopic (exact) mass is 293 g/mol. The molecule has 106 valence electrons. The van der Waals surface area contributed by atoms with Crippen LogP contribution in [-0.2, 0) is 6.54 Å². The van der Waals surface area contributed by atoms with E-state index in [1.165, 1.54) is 4.88 Å². The number of nitrogens with zero attached hydrogens (tertiary/aromatic N) is 4. The van der Waals surface area contributed by atoms with Gasteiger partial charge in [0.2, 0.25) is 5.89 Å². The molecule has 0 unspecified atom stereocenters. The molecule has 3 rings (SSSR count). The van der Waals surface area contributed by atoms with Crippen LogP contribution < -0.4 is 5.73 Å². The van der Waals surface area contributed by atoms with Gasteiger partial charge in [-0.3, -0.25) is 9.69 Å². The molecule has 0 radical (unpaired) electrons. The minimum absolute atomic E-state index is 0.0529. The van der Waals surface area contributed by atoms with Gasteiger partial charge in [0.05, 0.1) is 17.2 Å². The first-order chi connectivity index (χ1) is 9.65. The Bertz CT molecular complexity index is 623. The van der Waals surface area contributed by atoms with Gasteiger partial charge in [-0.1, -0.05) is 5.16 Å². The molecule has 8 heteroatoms. The first-order valence-corrected chi connectivity index (χ1v) is 7.29. The highest BCUT2D eigenvalue weighted by Gasteiger charge is 2.31. The molecule has 0 aromatic carbocycles. The highest BCUT2D eigenvalue weighted by Crippen LogP contribution is 2.33. The van der Waals surface area contributed by atoms with Crippen molar-refractivity contribution in [2.24, 2.45) is 5.73 Å². The Labute approximate surface area is 119 Å². The van der Waals surface area contributed by atoms with Gasteiger partial charge < -0.3 is 10.3 Å². The topological polar surface area (TPSA) is 98.1 Å². The Balaban J connectivity index is 1.78. The van der Waals surface area contributed by atoms with E-state index in [0.717, 1.165) is 31.6 Å². The Kier molecular flexibility index (Phi) is 3.49. The second-order valence-corrected chi connectivity index (χ2v) is 5.75. The zero-order valence-corrected chi connectivity index (χ0v) is 11.9. The average Bonchev–Trinajstić information content (AvgIpc) is 3.11. The van der Waals surface area contributed by atoms with Crippen molar-refractivity contribution >= 4 is 17.2 Å². The number of nitrogens with two attached hydrogens (primary N) is 1.